The molecule has 3 saturated carbocycles. The molecule has 5 rings (SSSR count). The predicted octanol–water partition coefficient (Wildman–Crippen LogP) is 2.68. The molecule has 6 unspecified atom stereocenters. The first-order valence-corrected chi connectivity index (χ1v) is 13.3. The van der Waals surface area contributed by atoms with Gasteiger partial charge in [-0.05, 0) is 94.4 Å². The molecule has 5 aliphatic rings. The second-order valence-corrected chi connectivity index (χ2v) is 12.2. The van der Waals surface area contributed by atoms with E-state index in [1.54, 1.807) is 6.08 Å². The van der Waals surface area contributed by atoms with Crippen molar-refractivity contribution in [3.63, 3.8) is 0 Å². The van der Waals surface area contributed by atoms with Crippen molar-refractivity contribution in [3.8, 4) is 0 Å². The highest BCUT2D eigenvalue weighted by atomic mass is 16.6. The first-order chi connectivity index (χ1) is 16.1. The van der Waals surface area contributed by atoms with E-state index in [0.29, 0.717) is 25.9 Å². The molecular weight excluding hydrogens is 432 g/mol. The minimum Gasteiger partial charge on any atom is -0.394 e. The van der Waals surface area contributed by atoms with E-state index >= 15 is 0 Å². The fraction of sp³-hybridized carbons (Fsp3) is 0.852. The van der Waals surface area contributed by atoms with Gasteiger partial charge < -0.3 is 20.2 Å². The fourth-order valence-corrected chi connectivity index (χ4v) is 8.43. The Labute approximate surface area is 203 Å². The molecule has 0 aromatic heterocycles. The summed E-state index contributed by atoms with van der Waals surface area (Å²) in [5, 5.41) is 37.4. The van der Waals surface area contributed by atoms with E-state index in [1.165, 1.54) is 12.8 Å². The maximum Gasteiger partial charge on any atom is 0.159 e. The van der Waals surface area contributed by atoms with Gasteiger partial charge in [0.15, 0.2) is 5.78 Å². The van der Waals surface area contributed by atoms with E-state index in [4.69, 9.17) is 4.84 Å². The van der Waals surface area contributed by atoms with Crippen LogP contribution >= 0.6 is 0 Å². The van der Waals surface area contributed by atoms with Crippen molar-refractivity contribution in [1.29, 1.82) is 0 Å². The largest absolute Gasteiger partial charge is 0.394 e. The average molecular weight is 475 g/mol. The van der Waals surface area contributed by atoms with Gasteiger partial charge in [-0.2, -0.15) is 0 Å². The third kappa shape index (κ3) is 3.61. The SMILES string of the molecule is C/C(=N/OCCN1CCCC1)C1CC[C@@]2(O)C3=CC(=O)C4C[C@@H](O)C(O)CC4(C)C3CCC12C. The van der Waals surface area contributed by atoms with Crippen molar-refractivity contribution in [2.45, 2.75) is 89.9 Å². The third-order valence-electron chi connectivity index (χ3n) is 10.5. The number of nitrogens with zero attached hydrogens (tertiary/aromatic N) is 2. The zero-order valence-corrected chi connectivity index (χ0v) is 21.0. The molecule has 1 heterocycles. The molecular formula is C27H42N2O5. The predicted molar refractivity (Wildman–Crippen MR) is 129 cm³/mol. The summed E-state index contributed by atoms with van der Waals surface area (Å²) in [7, 11) is 0. The van der Waals surface area contributed by atoms with Crippen molar-refractivity contribution in [2.24, 2.45) is 33.7 Å². The van der Waals surface area contributed by atoms with Gasteiger partial charge in [0.05, 0.1) is 23.5 Å². The number of hydrogen-bond donors (Lipinski definition) is 3. The standard InChI is InChI=1S/C27H42N2O5/c1-17(28-34-13-12-29-10-4-5-11-29)18-7-9-27(33)20-14-22(30)21-15-23(31)24(32)16-25(21,2)19(20)6-8-26(18,27)3/h14,18-19,21,23-24,31-33H,4-13,15-16H2,1-3H3/b28-17-/t18?,19?,21?,23-,24?,25?,26?,27-/m1/s1. The average Bonchev–Trinajstić information content (AvgIpc) is 3.39. The Balaban J connectivity index is 1.36. The number of fused-ring (bicyclic) bond motifs is 5. The van der Waals surface area contributed by atoms with Crippen LogP contribution in [0.4, 0.5) is 0 Å². The maximum absolute atomic E-state index is 13.2. The molecule has 0 amide bonds. The van der Waals surface area contributed by atoms with E-state index in [-0.39, 0.29) is 23.5 Å². The van der Waals surface area contributed by atoms with E-state index in [9.17, 15) is 20.1 Å². The van der Waals surface area contributed by atoms with Gasteiger partial charge in [-0.3, -0.25) is 9.69 Å². The monoisotopic (exact) mass is 474 g/mol. The van der Waals surface area contributed by atoms with Crippen molar-refractivity contribution >= 4 is 11.5 Å². The van der Waals surface area contributed by atoms with Crippen LogP contribution in [0.2, 0.25) is 0 Å². The van der Waals surface area contributed by atoms with E-state index in [2.05, 4.69) is 23.9 Å². The first-order valence-electron chi connectivity index (χ1n) is 13.3. The van der Waals surface area contributed by atoms with Crippen molar-refractivity contribution in [2.75, 3.05) is 26.2 Å². The summed E-state index contributed by atoms with van der Waals surface area (Å²) in [4.78, 5) is 21.4. The molecule has 0 radical (unpaired) electrons. The van der Waals surface area contributed by atoms with Gasteiger partial charge in [-0.15, -0.1) is 0 Å². The van der Waals surface area contributed by atoms with Gasteiger partial charge in [-0.25, -0.2) is 0 Å². The number of hydrogen-bond acceptors (Lipinski definition) is 7. The lowest BCUT2D eigenvalue weighted by molar-refractivity contribution is -0.151. The number of aliphatic hydroxyl groups excluding tert-OH is 2. The van der Waals surface area contributed by atoms with Crippen molar-refractivity contribution in [1.82, 2.24) is 4.90 Å². The number of allylic oxidation sites excluding steroid dienone is 1. The fourth-order valence-electron chi connectivity index (χ4n) is 8.43. The van der Waals surface area contributed by atoms with Crippen LogP contribution in [0.3, 0.4) is 0 Å². The Morgan fingerprint density at radius 1 is 1.15 bits per heavy atom. The number of ketones is 1. The summed E-state index contributed by atoms with van der Waals surface area (Å²) in [6, 6.07) is 0. The molecule has 4 fully saturated rings. The third-order valence-corrected chi connectivity index (χ3v) is 10.5. The highest BCUT2D eigenvalue weighted by Gasteiger charge is 2.66. The molecule has 1 aliphatic heterocycles. The molecule has 0 bridgehead atoms. The van der Waals surface area contributed by atoms with Crippen LogP contribution in [0.25, 0.3) is 0 Å². The summed E-state index contributed by atoms with van der Waals surface area (Å²) >= 11 is 0. The van der Waals surface area contributed by atoms with E-state index in [0.717, 1.165) is 50.2 Å². The number of carbonyl (C=O) groups excluding carboxylic acids is 1. The van der Waals surface area contributed by atoms with Crippen LogP contribution in [0.15, 0.2) is 16.8 Å². The van der Waals surface area contributed by atoms with Crippen LogP contribution in [-0.2, 0) is 9.63 Å². The lowest BCUT2D eigenvalue weighted by atomic mass is 9.46. The zero-order chi connectivity index (χ0) is 24.3. The van der Waals surface area contributed by atoms with Gasteiger partial charge in [0.2, 0.25) is 0 Å². The maximum atomic E-state index is 13.2. The Morgan fingerprint density at radius 3 is 2.62 bits per heavy atom. The lowest BCUT2D eigenvalue weighted by Crippen LogP contribution is -2.60. The first kappa shape index (κ1) is 24.4. The Hall–Kier alpha value is -1.28. The Kier molecular flexibility index (Phi) is 6.23. The van der Waals surface area contributed by atoms with Gasteiger partial charge in [0, 0.05) is 23.8 Å². The van der Waals surface area contributed by atoms with Gasteiger partial charge in [0.25, 0.3) is 0 Å². The van der Waals surface area contributed by atoms with Gasteiger partial charge in [0.1, 0.15) is 6.61 Å². The lowest BCUT2D eigenvalue weighted by Gasteiger charge is -2.59. The molecule has 4 aliphatic carbocycles. The summed E-state index contributed by atoms with van der Waals surface area (Å²) in [6.07, 6.45) is 6.39. The Morgan fingerprint density at radius 2 is 1.88 bits per heavy atom. The van der Waals surface area contributed by atoms with Crippen LogP contribution < -0.4 is 0 Å². The number of aliphatic hydroxyl groups is 3. The summed E-state index contributed by atoms with van der Waals surface area (Å²) < 4.78 is 0. The number of oxime groups is 1. The van der Waals surface area contributed by atoms with Crippen LogP contribution in [0.5, 0.6) is 0 Å². The van der Waals surface area contributed by atoms with Crippen LogP contribution in [0, 0.1) is 28.6 Å². The van der Waals surface area contributed by atoms with Crippen LogP contribution in [-0.4, -0.2) is 75.8 Å². The molecule has 8 atom stereocenters. The Bertz CT molecular complexity index is 882. The van der Waals surface area contributed by atoms with Gasteiger partial charge >= 0.3 is 0 Å². The second-order valence-electron chi connectivity index (χ2n) is 12.2. The highest BCUT2D eigenvalue weighted by Crippen LogP contribution is 2.67. The number of likely N-dealkylation sites (tertiary alicyclic amines) is 1. The minimum absolute atomic E-state index is 0.00328. The number of rotatable bonds is 5. The zero-order valence-electron chi connectivity index (χ0n) is 21.0. The van der Waals surface area contributed by atoms with Crippen molar-refractivity contribution in [3.05, 3.63) is 11.6 Å². The molecule has 3 N–H and O–H groups in total. The molecule has 34 heavy (non-hydrogen) atoms. The number of carbonyl (C=O) groups is 1. The molecule has 0 spiro atoms. The molecule has 7 nitrogen and oxygen atoms in total. The highest BCUT2D eigenvalue weighted by molar-refractivity contribution is 5.95. The van der Waals surface area contributed by atoms with Gasteiger partial charge in [-0.1, -0.05) is 19.0 Å². The van der Waals surface area contributed by atoms with Crippen molar-refractivity contribution < 1.29 is 25.0 Å². The van der Waals surface area contributed by atoms with E-state index in [1.807, 2.05) is 6.92 Å². The summed E-state index contributed by atoms with van der Waals surface area (Å²) in [5.41, 5.74) is -0.105. The molecule has 7 heteroatoms. The molecule has 0 aromatic carbocycles. The summed E-state index contributed by atoms with van der Waals surface area (Å²) in [6.45, 7) is 10.0. The molecule has 190 valence electrons. The second kappa shape index (κ2) is 8.68. The van der Waals surface area contributed by atoms with Crippen LogP contribution in [0.1, 0.15) is 72.1 Å². The summed E-state index contributed by atoms with van der Waals surface area (Å²) in [5.74, 6) is -0.151. The quantitative estimate of drug-likeness (QED) is 0.322. The molecule has 1 saturated heterocycles. The normalized spacial score (nSPS) is 47.1. The molecule has 0 aromatic rings. The minimum atomic E-state index is -1.06. The topological polar surface area (TPSA) is 103 Å². The smallest absolute Gasteiger partial charge is 0.159 e. The van der Waals surface area contributed by atoms with E-state index < -0.39 is 28.6 Å².